The van der Waals surface area contributed by atoms with Crippen molar-refractivity contribution in [2.24, 2.45) is 50.2 Å². The monoisotopic (exact) mass is 697 g/mol. The van der Waals surface area contributed by atoms with E-state index in [1.54, 1.807) is 0 Å². The van der Waals surface area contributed by atoms with Crippen LogP contribution < -0.4 is 5.32 Å². The van der Waals surface area contributed by atoms with Crippen LogP contribution in [0.2, 0.25) is 0 Å². The molecule has 5 aliphatic rings. The highest BCUT2D eigenvalue weighted by atomic mass is 16.6. The van der Waals surface area contributed by atoms with Crippen molar-refractivity contribution < 1.29 is 33.4 Å². The molecule has 5 rings (SSSR count). The molecule has 0 unspecified atom stereocenters. The van der Waals surface area contributed by atoms with Crippen LogP contribution in [0.25, 0.3) is 0 Å². The largest absolute Gasteiger partial charge is 0.466 e. The van der Waals surface area contributed by atoms with Crippen LogP contribution in [0.1, 0.15) is 152 Å². The van der Waals surface area contributed by atoms with Crippen molar-refractivity contribution in [1.82, 2.24) is 5.32 Å². The number of carbonyl (C=O) groups excluding carboxylic acids is 4. The number of carbonyl (C=O) groups is 4. The van der Waals surface area contributed by atoms with Crippen LogP contribution in [-0.4, -0.2) is 49.7 Å². The lowest BCUT2D eigenvalue weighted by atomic mass is 9.33. The molecule has 1 N–H and O–H groups in total. The smallest absolute Gasteiger partial charge is 0.305 e. The molecule has 0 aliphatic heterocycles. The van der Waals surface area contributed by atoms with E-state index in [0.29, 0.717) is 25.5 Å². The molecular weight excluding hydrogens is 630 g/mol. The van der Waals surface area contributed by atoms with Gasteiger partial charge in [0.1, 0.15) is 12.7 Å². The SMILES string of the molecule is CCOC(=O)CCCCCNC(=O)[C@]12CCC(C)(C)C[C@H]1C1=CC[C@@H]3[C@@]4(C)CC[C@H](OC(C)=O)[C@@](C)(COC(C)=O)[C@@H]4CC[C@@]3(C)[C@]1(C)CC2. The van der Waals surface area contributed by atoms with Crippen molar-refractivity contribution >= 4 is 23.8 Å². The van der Waals surface area contributed by atoms with Gasteiger partial charge >= 0.3 is 17.9 Å². The average Bonchev–Trinajstić information content (AvgIpc) is 3.03. The first-order chi connectivity index (χ1) is 23.4. The van der Waals surface area contributed by atoms with Gasteiger partial charge in [-0.2, -0.15) is 0 Å². The molecule has 282 valence electrons. The fourth-order valence-corrected chi connectivity index (χ4v) is 12.5. The predicted molar refractivity (Wildman–Crippen MR) is 194 cm³/mol. The van der Waals surface area contributed by atoms with Crippen LogP contribution in [0, 0.1) is 50.2 Å². The van der Waals surface area contributed by atoms with E-state index in [1.165, 1.54) is 19.4 Å². The van der Waals surface area contributed by atoms with Gasteiger partial charge in [0, 0.05) is 32.2 Å². The third-order valence-electron chi connectivity index (χ3n) is 15.4. The maximum atomic E-state index is 14.4. The number of nitrogens with one attached hydrogen (secondary N) is 1. The van der Waals surface area contributed by atoms with Gasteiger partial charge in [-0.05, 0) is 123 Å². The zero-order chi connectivity index (χ0) is 36.8. The number of unbranched alkanes of at least 4 members (excludes halogenated alkanes) is 2. The van der Waals surface area contributed by atoms with E-state index in [1.807, 2.05) is 6.92 Å². The fraction of sp³-hybridized carbons (Fsp3) is 0.857. The Bertz CT molecular complexity index is 1360. The summed E-state index contributed by atoms with van der Waals surface area (Å²) in [7, 11) is 0. The lowest BCUT2D eigenvalue weighted by molar-refractivity contribution is -0.226. The number of esters is 3. The summed E-state index contributed by atoms with van der Waals surface area (Å²) in [5, 5.41) is 3.39. The van der Waals surface area contributed by atoms with Crippen molar-refractivity contribution in [3.8, 4) is 0 Å². The summed E-state index contributed by atoms with van der Waals surface area (Å²) < 4.78 is 16.8. The second-order valence-electron chi connectivity index (χ2n) is 18.7. The van der Waals surface area contributed by atoms with E-state index in [4.69, 9.17) is 14.2 Å². The van der Waals surface area contributed by atoms with Gasteiger partial charge in [-0.1, -0.05) is 59.6 Å². The van der Waals surface area contributed by atoms with Gasteiger partial charge in [-0.3, -0.25) is 19.2 Å². The number of hydrogen-bond donors (Lipinski definition) is 1. The molecule has 50 heavy (non-hydrogen) atoms. The highest BCUT2D eigenvalue weighted by Crippen LogP contribution is 2.76. The molecular formula is C42H67NO7. The molecule has 0 heterocycles. The van der Waals surface area contributed by atoms with E-state index >= 15 is 0 Å². The van der Waals surface area contributed by atoms with Gasteiger partial charge in [0.2, 0.25) is 5.91 Å². The van der Waals surface area contributed by atoms with E-state index in [0.717, 1.165) is 83.5 Å². The first-order valence-corrected chi connectivity index (χ1v) is 19.8. The summed E-state index contributed by atoms with van der Waals surface area (Å²) in [4.78, 5) is 50.4. The molecule has 8 heteroatoms. The van der Waals surface area contributed by atoms with Gasteiger partial charge in [-0.15, -0.1) is 0 Å². The Morgan fingerprint density at radius 1 is 0.820 bits per heavy atom. The summed E-state index contributed by atoms with van der Waals surface area (Å²) in [5.74, 6) is 0.444. The molecule has 1 amide bonds. The Morgan fingerprint density at radius 2 is 1.54 bits per heavy atom. The van der Waals surface area contributed by atoms with Crippen LogP contribution >= 0.6 is 0 Å². The van der Waals surface area contributed by atoms with Crippen molar-refractivity contribution in [3.05, 3.63) is 11.6 Å². The predicted octanol–water partition coefficient (Wildman–Crippen LogP) is 8.50. The molecule has 5 aliphatic carbocycles. The second kappa shape index (κ2) is 14.2. The molecule has 4 saturated carbocycles. The minimum absolute atomic E-state index is 0.00535. The fourth-order valence-electron chi connectivity index (χ4n) is 12.5. The van der Waals surface area contributed by atoms with E-state index in [9.17, 15) is 19.2 Å². The average molecular weight is 698 g/mol. The number of rotatable bonds is 11. The molecule has 4 fully saturated rings. The maximum absolute atomic E-state index is 14.4. The first-order valence-electron chi connectivity index (χ1n) is 19.8. The van der Waals surface area contributed by atoms with Crippen molar-refractivity contribution in [2.45, 2.75) is 158 Å². The molecule has 0 bridgehead atoms. The van der Waals surface area contributed by atoms with Crippen LogP contribution in [-0.2, 0) is 33.4 Å². The highest BCUT2D eigenvalue weighted by molar-refractivity contribution is 5.84. The zero-order valence-corrected chi connectivity index (χ0v) is 32.8. The molecule has 0 aromatic rings. The maximum Gasteiger partial charge on any atom is 0.305 e. The van der Waals surface area contributed by atoms with E-state index in [2.05, 4.69) is 52.9 Å². The quantitative estimate of drug-likeness (QED) is 0.0998. The molecule has 8 nitrogen and oxygen atoms in total. The van der Waals surface area contributed by atoms with Crippen LogP contribution in [0.3, 0.4) is 0 Å². The van der Waals surface area contributed by atoms with Gasteiger partial charge < -0.3 is 19.5 Å². The Balaban J connectivity index is 1.40. The molecule has 0 aromatic carbocycles. The van der Waals surface area contributed by atoms with E-state index < -0.39 is 5.41 Å². The topological polar surface area (TPSA) is 108 Å². The van der Waals surface area contributed by atoms with Crippen LogP contribution in [0.4, 0.5) is 0 Å². The molecule has 0 aromatic heterocycles. The van der Waals surface area contributed by atoms with Crippen molar-refractivity contribution in [1.29, 1.82) is 0 Å². The Hall–Kier alpha value is -2.38. The standard InChI is InChI=1S/C42H67NO7/c1-10-48-35(46)14-12-11-13-25-43-36(47)42-23-21-37(4,5)26-31(42)30-15-16-33-38(6)19-18-34(50-29(3)45)39(7,27-49-28(2)44)32(38)17-20-41(33,9)40(30,8)22-24-42/h15,31-34H,10-14,16-27H2,1-9H3,(H,43,47)/t31-,32+,33+,34-,38-,39-,40+,41+,42-/m0/s1. The van der Waals surface area contributed by atoms with Gasteiger partial charge in [-0.25, -0.2) is 0 Å². The van der Waals surface area contributed by atoms with Crippen LogP contribution in [0.15, 0.2) is 11.6 Å². The summed E-state index contributed by atoms with van der Waals surface area (Å²) in [6.07, 6.45) is 15.1. The number of fused-ring (bicyclic) bond motifs is 7. The number of hydrogen-bond acceptors (Lipinski definition) is 7. The summed E-state index contributed by atoms with van der Waals surface area (Å²) >= 11 is 0. The summed E-state index contributed by atoms with van der Waals surface area (Å²) in [6, 6.07) is 0. The van der Waals surface area contributed by atoms with Gasteiger partial charge in [0.15, 0.2) is 0 Å². The highest BCUT2D eigenvalue weighted by Gasteiger charge is 2.70. The Morgan fingerprint density at radius 3 is 2.22 bits per heavy atom. The van der Waals surface area contributed by atoms with Crippen molar-refractivity contribution in [3.63, 3.8) is 0 Å². The van der Waals surface area contributed by atoms with Gasteiger partial charge in [0.05, 0.1) is 12.0 Å². The molecule has 0 spiro atoms. The minimum atomic E-state index is -0.456. The van der Waals surface area contributed by atoms with Crippen LogP contribution in [0.5, 0.6) is 0 Å². The lowest BCUT2D eigenvalue weighted by Gasteiger charge is -2.71. The summed E-state index contributed by atoms with van der Waals surface area (Å²) in [6.45, 7) is 20.6. The van der Waals surface area contributed by atoms with Gasteiger partial charge in [0.25, 0.3) is 0 Å². The zero-order valence-electron chi connectivity index (χ0n) is 32.8. The van der Waals surface area contributed by atoms with E-state index in [-0.39, 0.29) is 75.4 Å². The lowest BCUT2D eigenvalue weighted by Crippen LogP contribution is -2.66. The molecule has 0 radical (unpaired) electrons. The second-order valence-corrected chi connectivity index (χ2v) is 18.7. The Kier molecular flexibility index (Phi) is 11.0. The van der Waals surface area contributed by atoms with Crippen molar-refractivity contribution in [2.75, 3.05) is 19.8 Å². The molecule has 9 atom stereocenters. The third kappa shape index (κ3) is 6.68. The first kappa shape index (κ1) is 38.8. The normalized spacial score (nSPS) is 40.1. The minimum Gasteiger partial charge on any atom is -0.466 e. The summed E-state index contributed by atoms with van der Waals surface area (Å²) in [5.41, 5.74) is 0.923. The Labute approximate surface area is 302 Å². The molecule has 0 saturated heterocycles. The number of allylic oxidation sites excluding steroid dienone is 2. The number of ether oxygens (including phenoxy) is 3. The number of amides is 1. The third-order valence-corrected chi connectivity index (χ3v) is 15.4.